The van der Waals surface area contributed by atoms with E-state index in [1.54, 1.807) is 6.92 Å². The van der Waals surface area contributed by atoms with Crippen LogP contribution in [0.15, 0.2) is 0 Å². The fraction of sp³-hybridized carbons (Fsp3) is 0.895. The number of carboxylic acid groups (broad SMARTS) is 1. The van der Waals surface area contributed by atoms with Crippen molar-refractivity contribution in [1.82, 2.24) is 0 Å². The van der Waals surface area contributed by atoms with Gasteiger partial charge in [-0.25, -0.2) is 0 Å². The van der Waals surface area contributed by atoms with Crippen LogP contribution in [0.5, 0.6) is 0 Å². The predicted molar refractivity (Wildman–Crippen MR) is 92.9 cm³/mol. The average Bonchev–Trinajstić information content (AvgIpc) is 2.54. The van der Waals surface area contributed by atoms with E-state index in [4.69, 9.17) is 5.73 Å². The molecule has 0 aromatic heterocycles. The van der Waals surface area contributed by atoms with E-state index in [0.29, 0.717) is 6.42 Å². The molecule has 0 heterocycles. The van der Waals surface area contributed by atoms with Crippen molar-refractivity contribution < 1.29 is 44.3 Å². The molecule has 1 atom stereocenters. The van der Waals surface area contributed by atoms with E-state index in [1.807, 2.05) is 0 Å². The van der Waals surface area contributed by atoms with Crippen molar-refractivity contribution in [2.24, 2.45) is 5.73 Å². The molecule has 1 unspecified atom stereocenters. The second-order valence-corrected chi connectivity index (χ2v) is 6.67. The summed E-state index contributed by atoms with van der Waals surface area (Å²) in [4.78, 5) is 22.8. The summed E-state index contributed by atoms with van der Waals surface area (Å²) in [5.74, 6) is -1.87. The molecule has 24 heavy (non-hydrogen) atoms. The molecule has 0 aliphatic heterocycles. The molecule has 0 aromatic carbocycles. The molecule has 136 valence electrons. The SMILES string of the molecule is CCCCCCCCCCCCCCC(N)(C(=O)[O-])C(=O)CC.[Na+]. The van der Waals surface area contributed by atoms with Crippen LogP contribution in [0, 0.1) is 0 Å². The number of ketones is 1. The first kappa shape index (κ1) is 26.3. The van der Waals surface area contributed by atoms with Gasteiger partial charge in [0.2, 0.25) is 0 Å². The number of rotatable bonds is 16. The quantitative estimate of drug-likeness (QED) is 0.250. The molecular weight excluding hydrogens is 313 g/mol. The summed E-state index contributed by atoms with van der Waals surface area (Å²) in [7, 11) is 0. The number of hydrogen-bond donors (Lipinski definition) is 1. The molecule has 0 spiro atoms. The second kappa shape index (κ2) is 16.6. The summed E-state index contributed by atoms with van der Waals surface area (Å²) in [6.07, 6.45) is 14.8. The van der Waals surface area contributed by atoms with Crippen molar-refractivity contribution in [2.75, 3.05) is 0 Å². The van der Waals surface area contributed by atoms with Crippen molar-refractivity contribution in [1.29, 1.82) is 0 Å². The summed E-state index contributed by atoms with van der Waals surface area (Å²) in [5, 5.41) is 11.1. The van der Waals surface area contributed by atoms with Gasteiger partial charge in [0.15, 0.2) is 5.78 Å². The van der Waals surface area contributed by atoms with Crippen molar-refractivity contribution >= 4 is 11.8 Å². The molecule has 0 fully saturated rings. The van der Waals surface area contributed by atoms with Crippen LogP contribution in [0.3, 0.4) is 0 Å². The summed E-state index contributed by atoms with van der Waals surface area (Å²) in [6.45, 7) is 3.87. The number of nitrogens with two attached hydrogens (primary N) is 1. The Kier molecular flexibility index (Phi) is 18.2. The Labute approximate surface area is 170 Å². The molecule has 0 saturated carbocycles. The van der Waals surface area contributed by atoms with Crippen molar-refractivity contribution in [3.63, 3.8) is 0 Å². The Morgan fingerprint density at radius 2 is 1.17 bits per heavy atom. The second-order valence-electron chi connectivity index (χ2n) is 6.67. The Morgan fingerprint density at radius 1 is 0.792 bits per heavy atom. The minimum absolute atomic E-state index is 0. The molecule has 2 N–H and O–H groups in total. The molecule has 0 radical (unpaired) electrons. The first-order chi connectivity index (χ1) is 11.0. The van der Waals surface area contributed by atoms with Gasteiger partial charge in [0.05, 0.1) is 5.97 Å². The summed E-state index contributed by atoms with van der Waals surface area (Å²) >= 11 is 0. The van der Waals surface area contributed by atoms with Crippen molar-refractivity contribution in [2.45, 2.75) is 109 Å². The first-order valence-electron chi connectivity index (χ1n) is 9.52. The third kappa shape index (κ3) is 11.6. The molecule has 0 amide bonds. The molecule has 0 saturated heterocycles. The van der Waals surface area contributed by atoms with Gasteiger partial charge in [0.1, 0.15) is 5.54 Å². The fourth-order valence-corrected chi connectivity index (χ4v) is 2.92. The number of aliphatic carboxylic acids is 1. The number of carbonyl (C=O) groups is 2. The van der Waals surface area contributed by atoms with Gasteiger partial charge in [0.25, 0.3) is 0 Å². The van der Waals surface area contributed by atoms with Crippen LogP contribution in [0.2, 0.25) is 0 Å². The third-order valence-electron chi connectivity index (χ3n) is 4.61. The zero-order chi connectivity index (χ0) is 17.6. The fourth-order valence-electron chi connectivity index (χ4n) is 2.92. The maximum atomic E-state index is 11.7. The van der Waals surface area contributed by atoms with E-state index in [-0.39, 0.29) is 42.4 Å². The standard InChI is InChI=1S/C19H37NO3.Na/c1-3-5-6-7-8-9-10-11-12-13-14-15-16-19(20,18(22)23)17(21)4-2;/h3-16,20H2,1-2H3,(H,22,23);/q;+1/p-1. The maximum absolute atomic E-state index is 11.7. The van der Waals surface area contributed by atoms with E-state index in [1.165, 1.54) is 57.8 Å². The zero-order valence-corrected chi connectivity index (χ0v) is 18.2. The van der Waals surface area contributed by atoms with Crippen LogP contribution in [-0.4, -0.2) is 17.3 Å². The number of carbonyl (C=O) groups excluding carboxylic acids is 2. The van der Waals surface area contributed by atoms with Gasteiger partial charge in [-0.05, 0) is 6.42 Å². The number of carboxylic acids is 1. The van der Waals surface area contributed by atoms with Crippen LogP contribution in [-0.2, 0) is 9.59 Å². The Bertz CT molecular complexity index is 337. The average molecular weight is 349 g/mol. The van der Waals surface area contributed by atoms with Crippen LogP contribution >= 0.6 is 0 Å². The Balaban J connectivity index is 0. The van der Waals surface area contributed by atoms with Crippen molar-refractivity contribution in [3.05, 3.63) is 0 Å². The van der Waals surface area contributed by atoms with Crippen LogP contribution < -0.4 is 40.4 Å². The van der Waals surface area contributed by atoms with Crippen LogP contribution in [0.25, 0.3) is 0 Å². The largest absolute Gasteiger partial charge is 1.00 e. The smallest absolute Gasteiger partial charge is 0.548 e. The molecule has 0 aliphatic carbocycles. The van der Waals surface area contributed by atoms with Crippen molar-refractivity contribution in [3.8, 4) is 0 Å². The summed E-state index contributed by atoms with van der Waals surface area (Å²) in [5.41, 5.74) is 3.93. The zero-order valence-electron chi connectivity index (χ0n) is 16.2. The number of unbranched alkanes of at least 4 members (excludes halogenated alkanes) is 11. The minimum atomic E-state index is -1.78. The van der Waals surface area contributed by atoms with E-state index in [0.717, 1.165) is 12.8 Å². The minimum Gasteiger partial charge on any atom is -0.548 e. The van der Waals surface area contributed by atoms with Gasteiger partial charge in [-0.3, -0.25) is 4.79 Å². The third-order valence-corrected chi connectivity index (χ3v) is 4.61. The van der Waals surface area contributed by atoms with Gasteiger partial charge in [-0.2, -0.15) is 0 Å². The molecule has 4 nitrogen and oxygen atoms in total. The normalized spacial score (nSPS) is 13.1. The number of hydrogen-bond acceptors (Lipinski definition) is 4. The van der Waals surface area contributed by atoms with Gasteiger partial charge in [-0.1, -0.05) is 90.9 Å². The van der Waals surface area contributed by atoms with E-state index >= 15 is 0 Å². The first-order valence-corrected chi connectivity index (χ1v) is 9.52. The number of Topliss-reactive ketones (excluding diaryl/α,β-unsaturated/α-hetero) is 1. The predicted octanol–water partition coefficient (Wildman–Crippen LogP) is 0.508. The van der Waals surface area contributed by atoms with Crippen LogP contribution in [0.4, 0.5) is 0 Å². The van der Waals surface area contributed by atoms with Gasteiger partial charge < -0.3 is 15.6 Å². The van der Waals surface area contributed by atoms with Gasteiger partial charge in [0, 0.05) is 6.42 Å². The molecular formula is C19H36NNaO3. The summed E-state index contributed by atoms with van der Waals surface area (Å²) in [6, 6.07) is 0. The maximum Gasteiger partial charge on any atom is 1.00 e. The van der Waals surface area contributed by atoms with Gasteiger partial charge in [-0.15, -0.1) is 0 Å². The van der Waals surface area contributed by atoms with E-state index in [9.17, 15) is 14.7 Å². The van der Waals surface area contributed by atoms with Gasteiger partial charge >= 0.3 is 29.6 Å². The molecule has 0 rings (SSSR count). The molecule has 5 heteroatoms. The monoisotopic (exact) mass is 349 g/mol. The topological polar surface area (TPSA) is 83.2 Å². The Hall–Kier alpha value is 0.1000. The molecule has 0 bridgehead atoms. The van der Waals surface area contributed by atoms with E-state index < -0.39 is 17.3 Å². The van der Waals surface area contributed by atoms with E-state index in [2.05, 4.69) is 6.92 Å². The molecule has 0 aliphatic rings. The summed E-state index contributed by atoms with van der Waals surface area (Å²) < 4.78 is 0. The Morgan fingerprint density at radius 3 is 1.50 bits per heavy atom. The molecule has 0 aromatic rings. The van der Waals surface area contributed by atoms with Crippen LogP contribution in [0.1, 0.15) is 104 Å².